The Bertz CT molecular complexity index is 191. The molecule has 0 unspecified atom stereocenters. The van der Waals surface area contributed by atoms with Crippen LogP contribution in [0.3, 0.4) is 0 Å². The molecule has 0 aromatic heterocycles. The molecule has 0 spiro atoms. The van der Waals surface area contributed by atoms with Crippen molar-refractivity contribution in [1.29, 1.82) is 0 Å². The van der Waals surface area contributed by atoms with Gasteiger partial charge < -0.3 is 4.90 Å². The van der Waals surface area contributed by atoms with E-state index in [0.717, 1.165) is 26.2 Å². The fourth-order valence-electron chi connectivity index (χ4n) is 1.98. The first-order valence-corrected chi connectivity index (χ1v) is 7.19. The maximum Gasteiger partial charge on any atom is 0.236 e. The first kappa shape index (κ1) is 16.4. The molecule has 102 valence electrons. The van der Waals surface area contributed by atoms with Crippen LogP contribution in [-0.4, -0.2) is 48.4 Å². The highest BCUT2D eigenvalue weighted by Gasteiger charge is 2.13. The van der Waals surface area contributed by atoms with Gasteiger partial charge in [-0.2, -0.15) is 0 Å². The molecule has 0 N–H and O–H groups in total. The van der Waals surface area contributed by atoms with E-state index < -0.39 is 0 Å². The third kappa shape index (κ3) is 7.37. The Morgan fingerprint density at radius 1 is 0.882 bits per heavy atom. The summed E-state index contributed by atoms with van der Waals surface area (Å²) in [4.78, 5) is 16.1. The van der Waals surface area contributed by atoms with Crippen LogP contribution in [0.25, 0.3) is 0 Å². The van der Waals surface area contributed by atoms with Gasteiger partial charge in [0.2, 0.25) is 5.91 Å². The molecule has 17 heavy (non-hydrogen) atoms. The third-order valence-electron chi connectivity index (χ3n) is 3.25. The molecule has 0 fully saturated rings. The highest BCUT2D eigenvalue weighted by atomic mass is 16.2. The van der Waals surface area contributed by atoms with Crippen molar-refractivity contribution in [1.82, 2.24) is 9.80 Å². The van der Waals surface area contributed by atoms with Gasteiger partial charge in [-0.3, -0.25) is 9.69 Å². The quantitative estimate of drug-likeness (QED) is 0.550. The minimum atomic E-state index is 0.271. The Morgan fingerprint density at radius 2 is 1.53 bits per heavy atom. The Hall–Kier alpha value is -0.570. The standard InChI is InChI=1S/C14H30N2O/c1-5-9-10-11-12-15(6-2)13-14(17)16(7-3)8-4/h5-13H2,1-4H3. The molecule has 0 aromatic rings. The average molecular weight is 242 g/mol. The number of unbranched alkanes of at least 4 members (excludes halogenated alkanes) is 3. The second-order valence-electron chi connectivity index (χ2n) is 4.50. The van der Waals surface area contributed by atoms with Crippen molar-refractivity contribution < 1.29 is 4.79 Å². The summed E-state index contributed by atoms with van der Waals surface area (Å²) in [5.41, 5.74) is 0. The lowest BCUT2D eigenvalue weighted by atomic mass is 10.2. The van der Waals surface area contributed by atoms with Crippen molar-refractivity contribution in [2.45, 2.75) is 53.4 Å². The fourth-order valence-corrected chi connectivity index (χ4v) is 1.98. The Morgan fingerprint density at radius 3 is 2.00 bits per heavy atom. The lowest BCUT2D eigenvalue weighted by Crippen LogP contribution is -2.40. The number of rotatable bonds is 10. The van der Waals surface area contributed by atoms with E-state index in [1.165, 1.54) is 25.7 Å². The van der Waals surface area contributed by atoms with Crippen molar-refractivity contribution >= 4 is 5.91 Å². The molecule has 0 heterocycles. The molecule has 1 amide bonds. The predicted octanol–water partition coefficient (Wildman–Crippen LogP) is 2.76. The van der Waals surface area contributed by atoms with Crippen LogP contribution in [0.1, 0.15) is 53.4 Å². The number of carbonyl (C=O) groups excluding carboxylic acids is 1. The van der Waals surface area contributed by atoms with Crippen molar-refractivity contribution in [2.75, 3.05) is 32.7 Å². The van der Waals surface area contributed by atoms with Crippen molar-refractivity contribution in [3.05, 3.63) is 0 Å². The van der Waals surface area contributed by atoms with Crippen molar-refractivity contribution in [3.8, 4) is 0 Å². The molecule has 0 aromatic carbocycles. The topological polar surface area (TPSA) is 23.6 Å². The monoisotopic (exact) mass is 242 g/mol. The van der Waals surface area contributed by atoms with Gasteiger partial charge in [0.15, 0.2) is 0 Å². The number of hydrogen-bond acceptors (Lipinski definition) is 2. The van der Waals surface area contributed by atoms with Crippen LogP contribution in [0.5, 0.6) is 0 Å². The van der Waals surface area contributed by atoms with Gasteiger partial charge in [-0.05, 0) is 33.4 Å². The molecule has 0 atom stereocenters. The van der Waals surface area contributed by atoms with Crippen LogP contribution in [0, 0.1) is 0 Å². The van der Waals surface area contributed by atoms with Crippen molar-refractivity contribution in [3.63, 3.8) is 0 Å². The number of nitrogens with zero attached hydrogens (tertiary/aromatic N) is 2. The molecule has 0 bridgehead atoms. The highest BCUT2D eigenvalue weighted by molar-refractivity contribution is 5.78. The van der Waals surface area contributed by atoms with E-state index in [2.05, 4.69) is 18.7 Å². The molecule has 3 nitrogen and oxygen atoms in total. The van der Waals surface area contributed by atoms with Gasteiger partial charge in [0, 0.05) is 13.1 Å². The maximum atomic E-state index is 11.9. The van der Waals surface area contributed by atoms with Gasteiger partial charge in [0.05, 0.1) is 6.54 Å². The smallest absolute Gasteiger partial charge is 0.236 e. The highest BCUT2D eigenvalue weighted by Crippen LogP contribution is 2.02. The summed E-state index contributed by atoms with van der Waals surface area (Å²) in [7, 11) is 0. The van der Waals surface area contributed by atoms with Gasteiger partial charge in [0.1, 0.15) is 0 Å². The van der Waals surface area contributed by atoms with E-state index in [-0.39, 0.29) is 5.91 Å². The normalized spacial score (nSPS) is 10.9. The SMILES string of the molecule is CCCCCCN(CC)CC(=O)N(CC)CC. The molecule has 0 aliphatic heterocycles. The zero-order valence-corrected chi connectivity index (χ0v) is 12.2. The van der Waals surface area contributed by atoms with E-state index in [1.54, 1.807) is 0 Å². The average Bonchev–Trinajstić information content (AvgIpc) is 2.34. The van der Waals surface area contributed by atoms with Crippen LogP contribution < -0.4 is 0 Å². The number of likely N-dealkylation sites (N-methyl/N-ethyl adjacent to an activating group) is 2. The summed E-state index contributed by atoms with van der Waals surface area (Å²) in [6.07, 6.45) is 5.08. The van der Waals surface area contributed by atoms with Crippen LogP contribution >= 0.6 is 0 Å². The van der Waals surface area contributed by atoms with Crippen LogP contribution in [0.4, 0.5) is 0 Å². The van der Waals surface area contributed by atoms with E-state index >= 15 is 0 Å². The molecule has 0 aliphatic carbocycles. The minimum Gasteiger partial charge on any atom is -0.342 e. The van der Waals surface area contributed by atoms with Gasteiger partial charge >= 0.3 is 0 Å². The van der Waals surface area contributed by atoms with Gasteiger partial charge in [-0.15, -0.1) is 0 Å². The Balaban J connectivity index is 3.90. The summed E-state index contributed by atoms with van der Waals surface area (Å²) in [5, 5.41) is 0. The molecular weight excluding hydrogens is 212 g/mol. The van der Waals surface area contributed by atoms with E-state index in [9.17, 15) is 4.79 Å². The van der Waals surface area contributed by atoms with Crippen LogP contribution in [0.15, 0.2) is 0 Å². The van der Waals surface area contributed by atoms with E-state index in [4.69, 9.17) is 0 Å². The molecule has 0 saturated heterocycles. The number of hydrogen-bond donors (Lipinski definition) is 0. The molecule has 0 rings (SSSR count). The lowest BCUT2D eigenvalue weighted by molar-refractivity contribution is -0.132. The number of amides is 1. The largest absolute Gasteiger partial charge is 0.342 e. The van der Waals surface area contributed by atoms with Crippen molar-refractivity contribution in [2.24, 2.45) is 0 Å². The third-order valence-corrected chi connectivity index (χ3v) is 3.25. The van der Waals surface area contributed by atoms with Gasteiger partial charge in [-0.25, -0.2) is 0 Å². The zero-order chi connectivity index (χ0) is 13.1. The van der Waals surface area contributed by atoms with E-state index in [1.807, 2.05) is 18.7 Å². The van der Waals surface area contributed by atoms with Crippen LogP contribution in [-0.2, 0) is 4.79 Å². The molecule has 0 radical (unpaired) electrons. The summed E-state index contributed by atoms with van der Waals surface area (Å²) in [5.74, 6) is 0.271. The molecule has 3 heteroatoms. The second kappa shape index (κ2) is 10.6. The number of carbonyl (C=O) groups is 1. The maximum absolute atomic E-state index is 11.9. The summed E-state index contributed by atoms with van der Waals surface area (Å²) < 4.78 is 0. The molecule has 0 aliphatic rings. The second-order valence-corrected chi connectivity index (χ2v) is 4.50. The fraction of sp³-hybridized carbons (Fsp3) is 0.929. The summed E-state index contributed by atoms with van der Waals surface area (Å²) in [6, 6.07) is 0. The predicted molar refractivity (Wildman–Crippen MR) is 74.2 cm³/mol. The van der Waals surface area contributed by atoms with Gasteiger partial charge in [0.25, 0.3) is 0 Å². The minimum absolute atomic E-state index is 0.271. The Kier molecular flexibility index (Phi) is 10.2. The van der Waals surface area contributed by atoms with E-state index in [0.29, 0.717) is 6.54 Å². The zero-order valence-electron chi connectivity index (χ0n) is 12.2. The lowest BCUT2D eigenvalue weighted by Gasteiger charge is -2.24. The molecule has 0 saturated carbocycles. The summed E-state index contributed by atoms with van der Waals surface area (Å²) in [6.45, 7) is 12.7. The van der Waals surface area contributed by atoms with Crippen LogP contribution in [0.2, 0.25) is 0 Å². The first-order chi connectivity index (χ1) is 8.19. The first-order valence-electron chi connectivity index (χ1n) is 7.19. The molecular formula is C14H30N2O. The van der Waals surface area contributed by atoms with Gasteiger partial charge in [-0.1, -0.05) is 33.1 Å². The summed E-state index contributed by atoms with van der Waals surface area (Å²) >= 11 is 0. The Labute approximate surface area is 107 Å².